The highest BCUT2D eigenvalue weighted by Gasteiger charge is 2.13. The lowest BCUT2D eigenvalue weighted by molar-refractivity contribution is -0.384. The van der Waals surface area contributed by atoms with Crippen LogP contribution in [0.25, 0.3) is 10.2 Å². The van der Waals surface area contributed by atoms with E-state index in [-0.39, 0.29) is 11.5 Å². The van der Waals surface area contributed by atoms with Crippen molar-refractivity contribution in [2.45, 2.75) is 13.5 Å². The fraction of sp³-hybridized carbons (Fsp3) is 0.211. The lowest BCUT2D eigenvalue weighted by Crippen LogP contribution is -2.19. The quantitative estimate of drug-likeness (QED) is 0.360. The largest absolute Gasteiger partial charge is 0.383 e. The molecule has 0 spiro atoms. The van der Waals surface area contributed by atoms with Gasteiger partial charge in [-0.05, 0) is 25.1 Å². The Morgan fingerprint density at radius 1 is 1.18 bits per heavy atom. The van der Waals surface area contributed by atoms with Crippen LogP contribution in [0.3, 0.4) is 0 Å². The highest BCUT2D eigenvalue weighted by Crippen LogP contribution is 2.23. The lowest BCUT2D eigenvalue weighted by Gasteiger charge is -2.04. The molecule has 0 aliphatic heterocycles. The molecular formula is C19H17N3O5S. The summed E-state index contributed by atoms with van der Waals surface area (Å²) in [6, 6.07) is 10.8. The van der Waals surface area contributed by atoms with E-state index in [0.29, 0.717) is 34.6 Å². The van der Waals surface area contributed by atoms with Gasteiger partial charge >= 0.3 is 0 Å². The van der Waals surface area contributed by atoms with Crippen molar-refractivity contribution >= 4 is 38.9 Å². The van der Waals surface area contributed by atoms with Gasteiger partial charge in [0.05, 0.1) is 21.7 Å². The van der Waals surface area contributed by atoms with E-state index in [4.69, 9.17) is 4.74 Å². The van der Waals surface area contributed by atoms with E-state index in [9.17, 15) is 19.7 Å². The number of carbonyl (C=O) groups is 2. The minimum absolute atomic E-state index is 0.0332. The van der Waals surface area contributed by atoms with Gasteiger partial charge in [-0.3, -0.25) is 19.7 Å². The molecule has 0 aliphatic carbocycles. The van der Waals surface area contributed by atoms with Gasteiger partial charge in [-0.15, -0.1) is 0 Å². The summed E-state index contributed by atoms with van der Waals surface area (Å²) in [5.74, 6) is -0.540. The predicted molar refractivity (Wildman–Crippen MR) is 105 cm³/mol. The zero-order valence-electron chi connectivity index (χ0n) is 15.2. The molecular weight excluding hydrogens is 382 g/mol. The number of nitro benzene ring substituents is 1. The van der Waals surface area contributed by atoms with Crippen molar-refractivity contribution in [1.29, 1.82) is 0 Å². The zero-order valence-corrected chi connectivity index (χ0v) is 16.1. The molecule has 0 radical (unpaired) electrons. The molecule has 28 heavy (non-hydrogen) atoms. The monoisotopic (exact) mass is 399 g/mol. The first-order valence-electron chi connectivity index (χ1n) is 8.37. The molecule has 144 valence electrons. The second-order valence-electron chi connectivity index (χ2n) is 5.99. The first-order valence-corrected chi connectivity index (χ1v) is 9.19. The molecule has 0 saturated heterocycles. The molecule has 9 heteroatoms. The van der Waals surface area contributed by atoms with Gasteiger partial charge in [-0.2, -0.15) is 4.99 Å². The Morgan fingerprint density at radius 2 is 1.86 bits per heavy atom. The number of benzene rings is 2. The number of aromatic nitrogens is 1. The molecule has 0 fully saturated rings. The van der Waals surface area contributed by atoms with Crippen molar-refractivity contribution in [2.75, 3.05) is 13.7 Å². The van der Waals surface area contributed by atoms with Crippen molar-refractivity contribution in [2.24, 2.45) is 4.99 Å². The Balaban J connectivity index is 2.08. The summed E-state index contributed by atoms with van der Waals surface area (Å²) in [5.41, 5.74) is 1.46. The summed E-state index contributed by atoms with van der Waals surface area (Å²) in [6.07, 6.45) is 0. The Bertz CT molecular complexity index is 1130. The fourth-order valence-corrected chi connectivity index (χ4v) is 3.69. The Morgan fingerprint density at radius 3 is 2.46 bits per heavy atom. The van der Waals surface area contributed by atoms with Crippen LogP contribution in [0.2, 0.25) is 0 Å². The number of hydrogen-bond donors (Lipinski definition) is 0. The predicted octanol–water partition coefficient (Wildman–Crippen LogP) is 3.20. The molecule has 1 aromatic heterocycles. The van der Waals surface area contributed by atoms with E-state index >= 15 is 0 Å². The number of rotatable bonds is 6. The van der Waals surface area contributed by atoms with Crippen LogP contribution in [0.5, 0.6) is 0 Å². The highest BCUT2D eigenvalue weighted by molar-refractivity contribution is 7.16. The average Bonchev–Trinajstić information content (AvgIpc) is 3.02. The van der Waals surface area contributed by atoms with Crippen LogP contribution in [0.1, 0.15) is 27.6 Å². The first kappa shape index (κ1) is 19.6. The van der Waals surface area contributed by atoms with Crippen LogP contribution in [-0.2, 0) is 11.3 Å². The number of thiazole rings is 1. The lowest BCUT2D eigenvalue weighted by atomic mass is 10.1. The third-order valence-corrected chi connectivity index (χ3v) is 5.19. The summed E-state index contributed by atoms with van der Waals surface area (Å²) in [6.45, 7) is 2.21. The smallest absolute Gasteiger partial charge is 0.279 e. The second kappa shape index (κ2) is 8.24. The summed E-state index contributed by atoms with van der Waals surface area (Å²) >= 11 is 1.27. The molecule has 2 aromatic carbocycles. The highest BCUT2D eigenvalue weighted by atomic mass is 32.1. The van der Waals surface area contributed by atoms with Crippen LogP contribution in [0.15, 0.2) is 47.5 Å². The minimum atomic E-state index is -0.462. The van der Waals surface area contributed by atoms with Crippen molar-refractivity contribution in [3.8, 4) is 0 Å². The second-order valence-corrected chi connectivity index (χ2v) is 7.00. The van der Waals surface area contributed by atoms with E-state index in [2.05, 4.69) is 4.99 Å². The maximum Gasteiger partial charge on any atom is 0.279 e. The molecule has 3 rings (SSSR count). The van der Waals surface area contributed by atoms with Gasteiger partial charge in [-0.1, -0.05) is 23.5 Å². The third kappa shape index (κ3) is 4.05. The van der Waals surface area contributed by atoms with Crippen molar-refractivity contribution in [3.05, 3.63) is 68.5 Å². The number of ketones is 1. The Hall–Kier alpha value is -3.17. The Kier molecular flexibility index (Phi) is 5.76. The van der Waals surface area contributed by atoms with Gasteiger partial charge in [0, 0.05) is 36.9 Å². The van der Waals surface area contributed by atoms with Crippen molar-refractivity contribution in [1.82, 2.24) is 4.57 Å². The normalized spacial score (nSPS) is 11.7. The number of amides is 1. The number of ether oxygens (including phenoxy) is 1. The topological polar surface area (TPSA) is 104 Å². The molecule has 0 N–H and O–H groups in total. The van der Waals surface area contributed by atoms with E-state index in [1.807, 2.05) is 0 Å². The molecule has 3 aromatic rings. The Labute approximate surface area is 163 Å². The van der Waals surface area contributed by atoms with Crippen molar-refractivity contribution < 1.29 is 19.2 Å². The van der Waals surface area contributed by atoms with E-state index in [0.717, 1.165) is 4.70 Å². The standard InChI is InChI=1S/C19H17N3O5S/c1-12(23)13-3-5-14(6-4-13)18(24)20-19-21(9-10-27-2)16-11-15(22(25)26)7-8-17(16)28-19/h3-8,11H,9-10H2,1-2H3. The summed E-state index contributed by atoms with van der Waals surface area (Å²) in [4.78, 5) is 39.2. The van der Waals surface area contributed by atoms with Gasteiger partial charge < -0.3 is 9.30 Å². The number of methoxy groups -OCH3 is 1. The minimum Gasteiger partial charge on any atom is -0.383 e. The van der Waals surface area contributed by atoms with Gasteiger partial charge in [0.1, 0.15) is 0 Å². The zero-order chi connectivity index (χ0) is 20.3. The molecule has 0 bridgehead atoms. The molecule has 1 amide bonds. The van der Waals surface area contributed by atoms with Gasteiger partial charge in [0.2, 0.25) is 0 Å². The van der Waals surface area contributed by atoms with Gasteiger partial charge in [-0.25, -0.2) is 0 Å². The molecule has 0 aliphatic rings. The number of nitrogens with zero attached hydrogens (tertiary/aromatic N) is 3. The summed E-state index contributed by atoms with van der Waals surface area (Å²) in [5, 5.41) is 11.1. The van der Waals surface area contributed by atoms with Crippen LogP contribution in [0.4, 0.5) is 5.69 Å². The van der Waals surface area contributed by atoms with Crippen LogP contribution < -0.4 is 4.80 Å². The number of fused-ring (bicyclic) bond motifs is 1. The summed E-state index contributed by atoms with van der Waals surface area (Å²) in [7, 11) is 1.55. The third-order valence-electron chi connectivity index (χ3n) is 4.13. The average molecular weight is 399 g/mol. The first-order chi connectivity index (χ1) is 13.4. The van der Waals surface area contributed by atoms with Crippen LogP contribution in [-0.4, -0.2) is 34.9 Å². The number of non-ortho nitro benzene ring substituents is 1. The van der Waals surface area contributed by atoms with Crippen LogP contribution in [0, 0.1) is 10.1 Å². The molecule has 0 saturated carbocycles. The molecule has 1 heterocycles. The maximum absolute atomic E-state index is 12.6. The van der Waals surface area contributed by atoms with Gasteiger partial charge in [0.25, 0.3) is 11.6 Å². The fourth-order valence-electron chi connectivity index (χ4n) is 2.65. The van der Waals surface area contributed by atoms with E-state index in [1.165, 1.54) is 30.4 Å². The van der Waals surface area contributed by atoms with E-state index < -0.39 is 10.8 Å². The number of hydrogen-bond acceptors (Lipinski definition) is 6. The summed E-state index contributed by atoms with van der Waals surface area (Å²) < 4.78 is 7.63. The SMILES string of the molecule is COCCn1c(=NC(=O)c2ccc(C(C)=O)cc2)sc2ccc([N+](=O)[O-])cc21. The number of carbonyl (C=O) groups excluding carboxylic acids is 2. The van der Waals surface area contributed by atoms with Crippen molar-refractivity contribution in [3.63, 3.8) is 0 Å². The maximum atomic E-state index is 12.6. The number of nitro groups is 1. The van der Waals surface area contributed by atoms with Gasteiger partial charge in [0.15, 0.2) is 10.6 Å². The molecule has 0 unspecified atom stereocenters. The molecule has 0 atom stereocenters. The number of Topliss-reactive ketones (excluding diaryl/α,β-unsaturated/α-hetero) is 1. The molecule has 8 nitrogen and oxygen atoms in total. The van der Waals surface area contributed by atoms with Crippen LogP contribution >= 0.6 is 11.3 Å². The van der Waals surface area contributed by atoms with E-state index in [1.54, 1.807) is 42.0 Å².